The van der Waals surface area contributed by atoms with Gasteiger partial charge in [0.1, 0.15) is 6.07 Å². The number of amides is 1. The van der Waals surface area contributed by atoms with Crippen LogP contribution in [0.3, 0.4) is 0 Å². The van der Waals surface area contributed by atoms with Gasteiger partial charge in [0, 0.05) is 10.7 Å². The van der Waals surface area contributed by atoms with E-state index in [1.54, 1.807) is 6.07 Å². The number of carbonyl (C=O) groups is 1. The van der Waals surface area contributed by atoms with Gasteiger partial charge < -0.3 is 5.73 Å². The van der Waals surface area contributed by atoms with Crippen LogP contribution >= 0.6 is 15.9 Å². The quantitative estimate of drug-likeness (QED) is 0.893. The van der Waals surface area contributed by atoms with Crippen molar-refractivity contribution in [2.45, 2.75) is 6.43 Å². The van der Waals surface area contributed by atoms with E-state index in [-0.39, 0.29) is 15.7 Å². The van der Waals surface area contributed by atoms with Gasteiger partial charge in [-0.1, -0.05) is 0 Å². The van der Waals surface area contributed by atoms with Crippen LogP contribution in [-0.4, -0.2) is 10.9 Å². The lowest BCUT2D eigenvalue weighted by Gasteiger charge is -2.07. The molecule has 1 heterocycles. The number of rotatable bonds is 2. The zero-order valence-electron chi connectivity index (χ0n) is 7.17. The SMILES string of the molecule is N#Cc1ncc(C(F)F)c(Br)c1C(N)=O. The van der Waals surface area contributed by atoms with Gasteiger partial charge in [0.25, 0.3) is 12.3 Å². The third kappa shape index (κ3) is 2.10. The highest BCUT2D eigenvalue weighted by Crippen LogP contribution is 2.30. The summed E-state index contributed by atoms with van der Waals surface area (Å²) in [6.07, 6.45) is -1.96. The number of halogens is 3. The highest BCUT2D eigenvalue weighted by Gasteiger charge is 2.21. The Labute approximate surface area is 91.8 Å². The van der Waals surface area contributed by atoms with Gasteiger partial charge in [-0.25, -0.2) is 13.8 Å². The molecular weight excluding hydrogens is 272 g/mol. The fourth-order valence-electron chi connectivity index (χ4n) is 0.965. The summed E-state index contributed by atoms with van der Waals surface area (Å²) < 4.78 is 24.6. The minimum Gasteiger partial charge on any atom is -0.365 e. The lowest BCUT2D eigenvalue weighted by Crippen LogP contribution is -2.16. The van der Waals surface area contributed by atoms with Crippen molar-refractivity contribution in [1.82, 2.24) is 4.98 Å². The molecule has 1 amide bonds. The Bertz CT molecular complexity index is 456. The summed E-state index contributed by atoms with van der Waals surface area (Å²) in [5.74, 6) is -0.978. The number of nitriles is 1. The first-order chi connectivity index (χ1) is 6.99. The molecule has 0 bridgehead atoms. The van der Waals surface area contributed by atoms with Crippen molar-refractivity contribution in [2.75, 3.05) is 0 Å². The molecule has 0 saturated carbocycles. The van der Waals surface area contributed by atoms with Crippen LogP contribution in [-0.2, 0) is 0 Å². The Morgan fingerprint density at radius 2 is 2.27 bits per heavy atom. The van der Waals surface area contributed by atoms with Crippen molar-refractivity contribution >= 4 is 21.8 Å². The average molecular weight is 276 g/mol. The number of primary amides is 1. The average Bonchev–Trinajstić information content (AvgIpc) is 2.15. The molecule has 1 aromatic heterocycles. The summed E-state index contributed by atoms with van der Waals surface area (Å²) in [4.78, 5) is 14.4. The topological polar surface area (TPSA) is 79.8 Å². The molecule has 1 rings (SSSR count). The Morgan fingerprint density at radius 1 is 1.67 bits per heavy atom. The summed E-state index contributed by atoms with van der Waals surface area (Å²) in [7, 11) is 0. The molecule has 0 aliphatic heterocycles. The van der Waals surface area contributed by atoms with Crippen LogP contribution in [0.4, 0.5) is 8.78 Å². The summed E-state index contributed by atoms with van der Waals surface area (Å²) in [6, 6.07) is 1.60. The molecule has 0 spiro atoms. The Morgan fingerprint density at radius 3 is 2.67 bits per heavy atom. The molecule has 0 aliphatic carbocycles. The number of hydrogen-bond donors (Lipinski definition) is 1. The van der Waals surface area contributed by atoms with Gasteiger partial charge in [0.2, 0.25) is 0 Å². The largest absolute Gasteiger partial charge is 0.365 e. The molecular formula is C8H4BrF2N3O. The highest BCUT2D eigenvalue weighted by molar-refractivity contribution is 9.10. The first-order valence-corrected chi connectivity index (χ1v) is 4.44. The lowest BCUT2D eigenvalue weighted by molar-refractivity contribution is 0.0998. The second kappa shape index (κ2) is 4.31. The molecule has 2 N–H and O–H groups in total. The van der Waals surface area contributed by atoms with E-state index in [1.807, 2.05) is 0 Å². The molecule has 1 aromatic rings. The zero-order chi connectivity index (χ0) is 11.6. The fraction of sp³-hybridized carbons (Fsp3) is 0.125. The molecule has 0 unspecified atom stereocenters. The minimum absolute atomic E-state index is 0.184. The van der Waals surface area contributed by atoms with Crippen LogP contribution in [0.15, 0.2) is 10.7 Å². The first-order valence-electron chi connectivity index (χ1n) is 3.65. The van der Waals surface area contributed by atoms with E-state index in [1.165, 1.54) is 0 Å². The van der Waals surface area contributed by atoms with Crippen molar-refractivity contribution < 1.29 is 13.6 Å². The van der Waals surface area contributed by atoms with Gasteiger partial charge in [-0.2, -0.15) is 5.26 Å². The molecule has 4 nitrogen and oxygen atoms in total. The summed E-state index contributed by atoms with van der Waals surface area (Å²) in [5, 5.41) is 8.59. The van der Waals surface area contributed by atoms with E-state index in [0.29, 0.717) is 0 Å². The van der Waals surface area contributed by atoms with Crippen LogP contribution in [0.2, 0.25) is 0 Å². The summed E-state index contributed by atoms with van der Waals surface area (Å²) >= 11 is 2.80. The third-order valence-corrected chi connectivity index (χ3v) is 2.48. The van der Waals surface area contributed by atoms with E-state index in [4.69, 9.17) is 11.0 Å². The summed E-state index contributed by atoms with van der Waals surface area (Å²) in [5.41, 5.74) is 3.88. The lowest BCUT2D eigenvalue weighted by atomic mass is 10.1. The number of aromatic nitrogens is 1. The van der Waals surface area contributed by atoms with Gasteiger partial charge in [0.05, 0.1) is 11.1 Å². The Kier molecular flexibility index (Phi) is 3.31. The second-order valence-electron chi connectivity index (χ2n) is 2.53. The Hall–Kier alpha value is -1.55. The zero-order valence-corrected chi connectivity index (χ0v) is 8.75. The van der Waals surface area contributed by atoms with Crippen LogP contribution in [0.5, 0.6) is 0 Å². The molecule has 0 aromatic carbocycles. The van der Waals surface area contributed by atoms with Crippen molar-refractivity contribution in [3.63, 3.8) is 0 Å². The van der Waals surface area contributed by atoms with E-state index < -0.39 is 17.9 Å². The van der Waals surface area contributed by atoms with Crippen molar-refractivity contribution in [3.8, 4) is 6.07 Å². The molecule has 78 valence electrons. The maximum Gasteiger partial charge on any atom is 0.266 e. The van der Waals surface area contributed by atoms with E-state index in [0.717, 1.165) is 6.20 Å². The first kappa shape index (κ1) is 11.5. The number of pyridine rings is 1. The van der Waals surface area contributed by atoms with Gasteiger partial charge in [-0.05, 0) is 15.9 Å². The van der Waals surface area contributed by atoms with E-state index in [9.17, 15) is 13.6 Å². The van der Waals surface area contributed by atoms with Crippen LogP contribution in [0.25, 0.3) is 0 Å². The van der Waals surface area contributed by atoms with Crippen LogP contribution in [0.1, 0.15) is 28.0 Å². The van der Waals surface area contributed by atoms with Gasteiger partial charge >= 0.3 is 0 Å². The van der Waals surface area contributed by atoms with Crippen LogP contribution < -0.4 is 5.73 Å². The maximum absolute atomic E-state index is 12.4. The second-order valence-corrected chi connectivity index (χ2v) is 3.32. The molecule has 0 saturated heterocycles. The van der Waals surface area contributed by atoms with E-state index >= 15 is 0 Å². The molecule has 15 heavy (non-hydrogen) atoms. The maximum atomic E-state index is 12.4. The van der Waals surface area contributed by atoms with Crippen molar-refractivity contribution in [2.24, 2.45) is 5.73 Å². The van der Waals surface area contributed by atoms with Crippen molar-refractivity contribution in [3.05, 3.63) is 27.5 Å². The van der Waals surface area contributed by atoms with Gasteiger partial charge in [-0.15, -0.1) is 0 Å². The molecule has 0 fully saturated rings. The normalized spacial score (nSPS) is 10.1. The molecule has 0 aliphatic rings. The fourth-order valence-corrected chi connectivity index (χ4v) is 1.62. The molecule has 0 atom stereocenters. The van der Waals surface area contributed by atoms with Gasteiger partial charge in [-0.3, -0.25) is 4.79 Å². The number of nitrogens with zero attached hydrogens (tertiary/aromatic N) is 2. The third-order valence-electron chi connectivity index (χ3n) is 1.63. The van der Waals surface area contributed by atoms with E-state index in [2.05, 4.69) is 20.9 Å². The Balaban J connectivity index is 3.51. The number of hydrogen-bond acceptors (Lipinski definition) is 3. The van der Waals surface area contributed by atoms with Crippen molar-refractivity contribution in [1.29, 1.82) is 5.26 Å². The summed E-state index contributed by atoms with van der Waals surface area (Å²) in [6.45, 7) is 0. The van der Waals surface area contributed by atoms with Gasteiger partial charge in [0.15, 0.2) is 5.69 Å². The molecule has 7 heteroatoms. The molecule has 0 radical (unpaired) electrons. The predicted molar refractivity (Wildman–Crippen MR) is 50.1 cm³/mol. The highest BCUT2D eigenvalue weighted by atomic mass is 79.9. The monoisotopic (exact) mass is 275 g/mol. The number of nitrogens with two attached hydrogens (primary N) is 1. The minimum atomic E-state index is -2.79. The van der Waals surface area contributed by atoms with Crippen LogP contribution in [0, 0.1) is 11.3 Å². The number of alkyl halides is 2. The number of carbonyl (C=O) groups excluding carboxylic acids is 1. The smallest absolute Gasteiger partial charge is 0.266 e. The predicted octanol–water partition coefficient (Wildman–Crippen LogP) is 1.75. The standard InChI is InChI=1S/C8H4BrF2N3O/c9-6-3(7(10)11)2-14-4(1-12)5(6)8(13)15/h2,7H,(H2,13,15).